The van der Waals surface area contributed by atoms with Crippen LogP contribution in [0.4, 0.5) is 0 Å². The van der Waals surface area contributed by atoms with Crippen molar-refractivity contribution in [1.29, 1.82) is 0 Å². The highest BCUT2D eigenvalue weighted by molar-refractivity contribution is 7.89. The molecule has 1 heterocycles. The van der Waals surface area contributed by atoms with Gasteiger partial charge in [0.25, 0.3) is 0 Å². The number of piperazine rings is 1. The van der Waals surface area contributed by atoms with Crippen LogP contribution in [-0.4, -0.2) is 56.3 Å². The Morgan fingerprint density at radius 1 is 1.10 bits per heavy atom. The molecular weight excluding hydrogens is 314 g/mol. The Morgan fingerprint density at radius 3 is 2.19 bits per heavy atom. The fourth-order valence-corrected chi connectivity index (χ4v) is 3.64. The summed E-state index contributed by atoms with van der Waals surface area (Å²) in [4.78, 5) is 13.7. The fraction of sp³-hybridized carbons (Fsp3) is 0.462. The Morgan fingerprint density at radius 2 is 1.67 bits per heavy atom. The molecule has 1 aliphatic heterocycles. The fourth-order valence-electron chi connectivity index (χ4n) is 2.20. The number of rotatable bonds is 4. The molecule has 0 aliphatic carbocycles. The third-order valence-corrected chi connectivity index (χ3v) is 5.24. The minimum Gasteiger partial charge on any atom is -0.340 e. The Kier molecular flexibility index (Phi) is 6.60. The van der Waals surface area contributed by atoms with E-state index in [4.69, 9.17) is 5.73 Å². The average molecular weight is 334 g/mol. The van der Waals surface area contributed by atoms with E-state index in [-0.39, 0.29) is 18.3 Å². The summed E-state index contributed by atoms with van der Waals surface area (Å²) in [6.07, 6.45) is 0.311. The quantitative estimate of drug-likeness (QED) is 0.858. The molecule has 21 heavy (non-hydrogen) atoms. The molecule has 1 aromatic rings. The molecule has 0 aromatic heterocycles. The standard InChI is InChI=1S/C13H19N3O3S.ClH/c14-7-6-13(17)15-8-10-16(11-9-15)20(18,19)12-4-2-1-3-5-12;/h1-5H,6-11,14H2;1H. The lowest BCUT2D eigenvalue weighted by Crippen LogP contribution is -2.50. The van der Waals surface area contributed by atoms with Crippen molar-refractivity contribution >= 4 is 28.3 Å². The third-order valence-electron chi connectivity index (χ3n) is 3.33. The first kappa shape index (κ1) is 17.9. The number of hydrogen-bond donors (Lipinski definition) is 1. The Bertz CT molecular complexity index is 557. The second kappa shape index (κ2) is 7.74. The molecule has 6 nitrogen and oxygen atoms in total. The molecule has 0 spiro atoms. The molecule has 8 heteroatoms. The molecule has 1 amide bonds. The van der Waals surface area contributed by atoms with E-state index < -0.39 is 10.0 Å². The summed E-state index contributed by atoms with van der Waals surface area (Å²) in [5, 5.41) is 0. The first-order valence-electron chi connectivity index (χ1n) is 6.59. The molecule has 2 rings (SSSR count). The maximum absolute atomic E-state index is 12.4. The van der Waals surface area contributed by atoms with E-state index in [1.54, 1.807) is 35.2 Å². The second-order valence-corrected chi connectivity index (χ2v) is 6.57. The maximum Gasteiger partial charge on any atom is 0.243 e. The van der Waals surface area contributed by atoms with E-state index >= 15 is 0 Å². The molecule has 1 saturated heterocycles. The van der Waals surface area contributed by atoms with E-state index in [9.17, 15) is 13.2 Å². The minimum atomic E-state index is -3.45. The van der Waals surface area contributed by atoms with Gasteiger partial charge in [-0.1, -0.05) is 18.2 Å². The number of carbonyl (C=O) groups is 1. The molecule has 0 atom stereocenters. The first-order valence-corrected chi connectivity index (χ1v) is 8.03. The summed E-state index contributed by atoms with van der Waals surface area (Å²) in [7, 11) is -3.45. The zero-order valence-corrected chi connectivity index (χ0v) is 13.3. The van der Waals surface area contributed by atoms with E-state index in [0.717, 1.165) is 0 Å². The highest BCUT2D eigenvalue weighted by Crippen LogP contribution is 2.17. The summed E-state index contributed by atoms with van der Waals surface area (Å²) in [5.74, 6) is -0.00995. The van der Waals surface area contributed by atoms with Gasteiger partial charge < -0.3 is 10.6 Å². The lowest BCUT2D eigenvalue weighted by atomic mass is 10.3. The van der Waals surface area contributed by atoms with Crippen molar-refractivity contribution in [3.8, 4) is 0 Å². The van der Waals surface area contributed by atoms with Gasteiger partial charge in [0, 0.05) is 39.1 Å². The first-order chi connectivity index (χ1) is 9.55. The highest BCUT2D eigenvalue weighted by atomic mass is 35.5. The van der Waals surface area contributed by atoms with Crippen LogP contribution in [-0.2, 0) is 14.8 Å². The van der Waals surface area contributed by atoms with Crippen LogP contribution in [0.15, 0.2) is 35.2 Å². The van der Waals surface area contributed by atoms with Crippen LogP contribution in [0.3, 0.4) is 0 Å². The van der Waals surface area contributed by atoms with Crippen LogP contribution in [0.1, 0.15) is 6.42 Å². The van der Waals surface area contributed by atoms with Crippen molar-refractivity contribution in [2.24, 2.45) is 5.73 Å². The molecule has 1 aliphatic rings. The van der Waals surface area contributed by atoms with Crippen LogP contribution < -0.4 is 5.73 Å². The number of benzene rings is 1. The van der Waals surface area contributed by atoms with Gasteiger partial charge in [-0.25, -0.2) is 8.42 Å². The van der Waals surface area contributed by atoms with Gasteiger partial charge in [-0.3, -0.25) is 4.79 Å². The second-order valence-electron chi connectivity index (χ2n) is 4.64. The van der Waals surface area contributed by atoms with Gasteiger partial charge in [0.15, 0.2) is 0 Å². The molecule has 118 valence electrons. The van der Waals surface area contributed by atoms with E-state index in [0.29, 0.717) is 44.0 Å². The van der Waals surface area contributed by atoms with Crippen molar-refractivity contribution in [3.05, 3.63) is 30.3 Å². The van der Waals surface area contributed by atoms with Gasteiger partial charge in [0.2, 0.25) is 15.9 Å². The van der Waals surface area contributed by atoms with Gasteiger partial charge in [-0.15, -0.1) is 12.4 Å². The number of nitrogens with two attached hydrogens (primary N) is 1. The number of carbonyl (C=O) groups excluding carboxylic acids is 1. The zero-order valence-electron chi connectivity index (χ0n) is 11.6. The summed E-state index contributed by atoms with van der Waals surface area (Å²) >= 11 is 0. The maximum atomic E-state index is 12.4. The van der Waals surface area contributed by atoms with Crippen LogP contribution in [0.25, 0.3) is 0 Å². The van der Waals surface area contributed by atoms with Gasteiger partial charge in [0.05, 0.1) is 4.90 Å². The van der Waals surface area contributed by atoms with Gasteiger partial charge in [0.1, 0.15) is 0 Å². The molecule has 1 fully saturated rings. The predicted molar refractivity (Wildman–Crippen MR) is 82.7 cm³/mol. The number of amides is 1. The van der Waals surface area contributed by atoms with E-state index in [1.165, 1.54) is 4.31 Å². The van der Waals surface area contributed by atoms with Crippen LogP contribution in [0, 0.1) is 0 Å². The van der Waals surface area contributed by atoms with Gasteiger partial charge >= 0.3 is 0 Å². The summed E-state index contributed by atoms with van der Waals surface area (Å²) in [6, 6.07) is 8.35. The SMILES string of the molecule is Cl.NCCC(=O)N1CCN(S(=O)(=O)c2ccccc2)CC1. The lowest BCUT2D eigenvalue weighted by Gasteiger charge is -2.34. The Hall–Kier alpha value is -1.15. The number of nitrogens with zero attached hydrogens (tertiary/aromatic N) is 2. The molecule has 0 bridgehead atoms. The van der Waals surface area contributed by atoms with Crippen LogP contribution in [0.5, 0.6) is 0 Å². The molecule has 2 N–H and O–H groups in total. The van der Waals surface area contributed by atoms with Crippen molar-refractivity contribution in [2.45, 2.75) is 11.3 Å². The predicted octanol–water partition coefficient (Wildman–Crippen LogP) is 0.290. The number of halogens is 1. The number of hydrogen-bond acceptors (Lipinski definition) is 4. The summed E-state index contributed by atoms with van der Waals surface area (Å²) in [6.45, 7) is 1.82. The van der Waals surface area contributed by atoms with E-state index in [2.05, 4.69) is 0 Å². The summed E-state index contributed by atoms with van der Waals surface area (Å²) < 4.78 is 26.2. The van der Waals surface area contributed by atoms with Crippen molar-refractivity contribution in [2.75, 3.05) is 32.7 Å². The van der Waals surface area contributed by atoms with Crippen LogP contribution >= 0.6 is 12.4 Å². The van der Waals surface area contributed by atoms with Crippen molar-refractivity contribution in [1.82, 2.24) is 9.21 Å². The topological polar surface area (TPSA) is 83.7 Å². The molecule has 1 aromatic carbocycles. The molecular formula is C13H20ClN3O3S. The van der Waals surface area contributed by atoms with Gasteiger partial charge in [-0.2, -0.15) is 4.31 Å². The number of sulfonamides is 1. The van der Waals surface area contributed by atoms with Crippen molar-refractivity contribution in [3.63, 3.8) is 0 Å². The third kappa shape index (κ3) is 4.16. The summed E-state index contributed by atoms with van der Waals surface area (Å²) in [5.41, 5.74) is 5.35. The molecule has 0 unspecified atom stereocenters. The Labute approximate surface area is 131 Å². The smallest absolute Gasteiger partial charge is 0.243 e. The minimum absolute atomic E-state index is 0. The van der Waals surface area contributed by atoms with Gasteiger partial charge in [-0.05, 0) is 12.1 Å². The normalized spacial score (nSPS) is 16.3. The molecule has 0 saturated carbocycles. The zero-order chi connectivity index (χ0) is 14.6. The van der Waals surface area contributed by atoms with Crippen molar-refractivity contribution < 1.29 is 13.2 Å². The monoisotopic (exact) mass is 333 g/mol. The lowest BCUT2D eigenvalue weighted by molar-refractivity contribution is -0.132. The average Bonchev–Trinajstić information content (AvgIpc) is 2.48. The molecule has 0 radical (unpaired) electrons. The van der Waals surface area contributed by atoms with Crippen LogP contribution in [0.2, 0.25) is 0 Å². The van der Waals surface area contributed by atoms with E-state index in [1.807, 2.05) is 0 Å². The highest BCUT2D eigenvalue weighted by Gasteiger charge is 2.29. The largest absolute Gasteiger partial charge is 0.340 e. The Balaban J connectivity index is 0.00000220.